The van der Waals surface area contributed by atoms with Gasteiger partial charge in [0.2, 0.25) is 11.8 Å². The highest BCUT2D eigenvalue weighted by Gasteiger charge is 2.31. The summed E-state index contributed by atoms with van der Waals surface area (Å²) in [7, 11) is 0. The Hall–Kier alpha value is -3.58. The minimum absolute atomic E-state index is 0.0723. The van der Waals surface area contributed by atoms with Gasteiger partial charge in [-0.2, -0.15) is 5.26 Å². The van der Waals surface area contributed by atoms with Crippen molar-refractivity contribution in [1.82, 2.24) is 5.32 Å². The zero-order valence-corrected chi connectivity index (χ0v) is 15.2. The van der Waals surface area contributed by atoms with Crippen LogP contribution >= 0.6 is 11.8 Å². The van der Waals surface area contributed by atoms with E-state index < -0.39 is 16.7 Å². The van der Waals surface area contributed by atoms with Gasteiger partial charge in [0.05, 0.1) is 39.5 Å². The average Bonchev–Trinajstić information content (AvgIpc) is 3.20. The van der Waals surface area contributed by atoms with Crippen molar-refractivity contribution in [2.45, 2.75) is 12.3 Å². The number of benzene rings is 1. The molecule has 1 aliphatic rings. The first-order valence-corrected chi connectivity index (χ1v) is 9.11. The van der Waals surface area contributed by atoms with Crippen molar-refractivity contribution >= 4 is 35.0 Å². The van der Waals surface area contributed by atoms with Crippen molar-refractivity contribution in [3.05, 3.63) is 69.1 Å². The molecule has 9 nitrogen and oxygen atoms in total. The number of nitro benzene ring substituents is 1. The number of anilines is 1. The van der Waals surface area contributed by atoms with Crippen LogP contribution in [0.25, 0.3) is 0 Å². The summed E-state index contributed by atoms with van der Waals surface area (Å²) in [6.07, 6.45) is 1.53. The zero-order chi connectivity index (χ0) is 20.1. The molecule has 0 fully saturated rings. The molecular weight excluding hydrogens is 384 g/mol. The number of nitro groups is 1. The fourth-order valence-corrected chi connectivity index (χ4v) is 3.61. The van der Waals surface area contributed by atoms with E-state index in [4.69, 9.17) is 4.42 Å². The molecule has 2 N–H and O–H groups in total. The normalized spacial score (nSPS) is 16.2. The van der Waals surface area contributed by atoms with Gasteiger partial charge in [-0.15, -0.1) is 0 Å². The maximum atomic E-state index is 12.2. The summed E-state index contributed by atoms with van der Waals surface area (Å²) >= 11 is 0.978. The number of nitrogens with zero attached hydrogens (tertiary/aromatic N) is 2. The molecule has 0 aliphatic carbocycles. The Morgan fingerprint density at radius 3 is 2.86 bits per heavy atom. The van der Waals surface area contributed by atoms with E-state index in [1.165, 1.54) is 24.5 Å². The predicted molar refractivity (Wildman–Crippen MR) is 101 cm³/mol. The Morgan fingerprint density at radius 2 is 2.18 bits per heavy atom. The first-order chi connectivity index (χ1) is 13.5. The molecular formula is C18H14N4O5S. The lowest BCUT2D eigenvalue weighted by Gasteiger charge is -2.23. The minimum atomic E-state index is -0.589. The van der Waals surface area contributed by atoms with Crippen LogP contribution in [0.4, 0.5) is 11.4 Å². The molecule has 0 saturated carbocycles. The number of hydrogen-bond donors (Lipinski definition) is 2. The second-order valence-electron chi connectivity index (χ2n) is 5.79. The average molecular weight is 398 g/mol. The summed E-state index contributed by atoms with van der Waals surface area (Å²) in [5, 5.41) is 25.9. The van der Waals surface area contributed by atoms with Gasteiger partial charge in [-0.25, -0.2) is 0 Å². The molecule has 3 rings (SSSR count). The summed E-state index contributed by atoms with van der Waals surface area (Å²) < 4.78 is 5.32. The quantitative estimate of drug-likeness (QED) is 0.563. The van der Waals surface area contributed by atoms with Gasteiger partial charge in [0.15, 0.2) is 0 Å². The number of thioether (sulfide) groups is 1. The lowest BCUT2D eigenvalue weighted by molar-refractivity contribution is -0.383. The van der Waals surface area contributed by atoms with E-state index >= 15 is 0 Å². The SMILES string of the molecule is N#CC1=C(SCC(=O)Nc2ccccc2[N+](=O)[O-])NC(=O)C[C@H]1c1ccco1. The van der Waals surface area contributed by atoms with E-state index in [9.17, 15) is 25.0 Å². The number of carbonyl (C=O) groups is 2. The third kappa shape index (κ3) is 4.21. The topological polar surface area (TPSA) is 138 Å². The van der Waals surface area contributed by atoms with Gasteiger partial charge >= 0.3 is 0 Å². The first kappa shape index (κ1) is 19.2. The number of amides is 2. The van der Waals surface area contributed by atoms with Crippen molar-refractivity contribution < 1.29 is 18.9 Å². The lowest BCUT2D eigenvalue weighted by Crippen LogP contribution is -2.31. The highest BCUT2D eigenvalue weighted by atomic mass is 32.2. The predicted octanol–water partition coefficient (Wildman–Crippen LogP) is 2.90. The monoisotopic (exact) mass is 398 g/mol. The largest absolute Gasteiger partial charge is 0.469 e. The second-order valence-corrected chi connectivity index (χ2v) is 6.77. The highest BCUT2D eigenvalue weighted by molar-refractivity contribution is 8.03. The van der Waals surface area contributed by atoms with Crippen LogP contribution in [-0.4, -0.2) is 22.5 Å². The van der Waals surface area contributed by atoms with Crippen LogP contribution in [0.15, 0.2) is 57.7 Å². The minimum Gasteiger partial charge on any atom is -0.469 e. The van der Waals surface area contributed by atoms with Gasteiger partial charge in [-0.05, 0) is 18.2 Å². The third-order valence-corrected chi connectivity index (χ3v) is 4.98. The van der Waals surface area contributed by atoms with Crippen LogP contribution in [0.1, 0.15) is 18.1 Å². The van der Waals surface area contributed by atoms with Crippen molar-refractivity contribution in [3.63, 3.8) is 0 Å². The Bertz CT molecular complexity index is 994. The van der Waals surface area contributed by atoms with Gasteiger partial charge < -0.3 is 15.1 Å². The summed E-state index contributed by atoms with van der Waals surface area (Å²) in [4.78, 5) is 34.7. The molecule has 1 atom stereocenters. The first-order valence-electron chi connectivity index (χ1n) is 8.13. The molecule has 0 bridgehead atoms. The standard InChI is InChI=1S/C18H14N4O5S/c19-9-12-11(15-6-3-7-27-15)8-16(23)21-18(12)28-10-17(24)20-13-4-1-2-5-14(13)22(25)26/h1-7,11H,8,10H2,(H,20,24)(H,21,23)/t11-/m1/s1. The van der Waals surface area contributed by atoms with E-state index in [0.717, 1.165) is 11.8 Å². The number of furan rings is 1. The number of hydrogen-bond acceptors (Lipinski definition) is 7. The van der Waals surface area contributed by atoms with E-state index in [0.29, 0.717) is 11.3 Å². The van der Waals surface area contributed by atoms with Crippen LogP contribution in [0, 0.1) is 21.4 Å². The summed E-state index contributed by atoms with van der Waals surface area (Å²) in [6, 6.07) is 11.2. The van der Waals surface area contributed by atoms with Crippen LogP contribution in [0.2, 0.25) is 0 Å². The Kier molecular flexibility index (Phi) is 5.76. The molecule has 0 saturated heterocycles. The maximum Gasteiger partial charge on any atom is 0.292 e. The van der Waals surface area contributed by atoms with Crippen LogP contribution in [0.3, 0.4) is 0 Å². The number of carbonyl (C=O) groups excluding carboxylic acids is 2. The number of allylic oxidation sites excluding steroid dienone is 1. The number of rotatable bonds is 6. The van der Waals surface area contributed by atoms with Crippen molar-refractivity contribution in [2.24, 2.45) is 0 Å². The molecule has 0 spiro atoms. The second kappa shape index (κ2) is 8.41. The Balaban J connectivity index is 1.74. The van der Waals surface area contributed by atoms with E-state index in [2.05, 4.69) is 16.7 Å². The van der Waals surface area contributed by atoms with Crippen molar-refractivity contribution in [3.8, 4) is 6.07 Å². The van der Waals surface area contributed by atoms with E-state index in [1.54, 1.807) is 18.2 Å². The fraction of sp³-hybridized carbons (Fsp3) is 0.167. The zero-order valence-electron chi connectivity index (χ0n) is 14.4. The Labute approximate surface area is 163 Å². The summed E-state index contributed by atoms with van der Waals surface area (Å²) in [5.74, 6) is -0.957. The van der Waals surface area contributed by atoms with Crippen molar-refractivity contribution in [2.75, 3.05) is 11.1 Å². The fourth-order valence-electron chi connectivity index (χ4n) is 2.73. The molecule has 28 heavy (non-hydrogen) atoms. The van der Waals surface area contributed by atoms with Crippen LogP contribution in [-0.2, 0) is 9.59 Å². The number of nitrogens with one attached hydrogen (secondary N) is 2. The van der Waals surface area contributed by atoms with Gasteiger partial charge in [0.1, 0.15) is 11.4 Å². The van der Waals surface area contributed by atoms with Gasteiger partial charge in [-0.1, -0.05) is 23.9 Å². The molecule has 0 radical (unpaired) electrons. The molecule has 1 aliphatic heterocycles. The molecule has 2 heterocycles. The molecule has 0 unspecified atom stereocenters. The van der Waals surface area contributed by atoms with Crippen LogP contribution < -0.4 is 10.6 Å². The van der Waals surface area contributed by atoms with Crippen molar-refractivity contribution in [1.29, 1.82) is 5.26 Å². The van der Waals surface area contributed by atoms with E-state index in [-0.39, 0.29) is 34.5 Å². The van der Waals surface area contributed by atoms with Gasteiger partial charge in [0.25, 0.3) is 5.69 Å². The van der Waals surface area contributed by atoms with Crippen LogP contribution in [0.5, 0.6) is 0 Å². The Morgan fingerprint density at radius 1 is 1.39 bits per heavy atom. The lowest BCUT2D eigenvalue weighted by atomic mass is 9.92. The maximum absolute atomic E-state index is 12.2. The highest BCUT2D eigenvalue weighted by Crippen LogP contribution is 2.36. The number of para-hydroxylation sites is 2. The molecule has 142 valence electrons. The molecule has 1 aromatic carbocycles. The smallest absolute Gasteiger partial charge is 0.292 e. The van der Waals surface area contributed by atoms with E-state index in [1.807, 2.05) is 0 Å². The summed E-state index contributed by atoms with van der Waals surface area (Å²) in [5.41, 5.74) is 0.161. The number of nitriles is 1. The molecule has 2 amide bonds. The van der Waals surface area contributed by atoms with Gasteiger partial charge in [-0.3, -0.25) is 19.7 Å². The third-order valence-electron chi connectivity index (χ3n) is 3.97. The summed E-state index contributed by atoms with van der Waals surface area (Å²) in [6.45, 7) is 0. The van der Waals surface area contributed by atoms with Gasteiger partial charge in [0, 0.05) is 12.5 Å². The molecule has 1 aromatic heterocycles. The molecule has 10 heteroatoms. The molecule has 2 aromatic rings.